The third-order valence-electron chi connectivity index (χ3n) is 5.70. The number of allylic oxidation sites excluding steroid dienone is 3. The minimum Gasteiger partial charge on any atom is -0.444 e. The van der Waals surface area contributed by atoms with Crippen LogP contribution in [0.5, 0.6) is 0 Å². The minimum absolute atomic E-state index is 0.146. The highest BCUT2D eigenvalue weighted by atomic mass is 32.2. The number of nitrogens with one attached hydrogen (secondary N) is 4. The standard InChI is InChI=1S/C28H41N5O4S/c1-7-9-21(13-23-16-38-18-31-23)24(11-10-19(3)14-29-17-34)26(35)32-22-12-20(8-2)25(30-15-22)33-27(36)37-28(4,5)6/h7,9,12-13,15-17,19,24,31H,8,10-11,14,18H2,1-6H3,(H,29,34)(H,32,35)(H,30,33,36)/b9-7-,21-13+/t19?,24-/m1/s1. The molecule has 0 aromatic carbocycles. The molecule has 0 fully saturated rings. The molecule has 38 heavy (non-hydrogen) atoms. The Hall–Kier alpha value is -3.27. The average molecular weight is 544 g/mol. The van der Waals surface area contributed by atoms with Crippen molar-refractivity contribution in [1.82, 2.24) is 15.6 Å². The Morgan fingerprint density at radius 2 is 2.03 bits per heavy atom. The van der Waals surface area contributed by atoms with Gasteiger partial charge in [0, 0.05) is 12.2 Å². The second-order valence-electron chi connectivity index (χ2n) is 10.2. The molecule has 1 aromatic heterocycles. The lowest BCUT2D eigenvalue weighted by molar-refractivity contribution is -0.119. The molecule has 2 rings (SSSR count). The van der Waals surface area contributed by atoms with Gasteiger partial charge in [-0.25, -0.2) is 9.78 Å². The molecule has 1 aliphatic heterocycles. The normalized spacial score (nSPS) is 15.3. The number of thioether (sulfide) groups is 1. The predicted octanol–water partition coefficient (Wildman–Crippen LogP) is 5.35. The van der Waals surface area contributed by atoms with E-state index in [1.54, 1.807) is 32.5 Å². The molecule has 3 amide bonds. The zero-order chi connectivity index (χ0) is 28.1. The van der Waals surface area contributed by atoms with Crippen molar-refractivity contribution in [1.29, 1.82) is 0 Å². The quantitative estimate of drug-likeness (QED) is 0.196. The highest BCUT2D eigenvalue weighted by Crippen LogP contribution is 2.27. The van der Waals surface area contributed by atoms with Crippen molar-refractivity contribution in [3.05, 3.63) is 52.7 Å². The SMILES string of the molecule is C/C=C\C(=C/C1=CSCN1)[C@@H](CCC(C)CNC=O)C(=O)Nc1cnc(NC(=O)OC(C)(C)C)c(CC)c1. The third kappa shape index (κ3) is 10.6. The summed E-state index contributed by atoms with van der Waals surface area (Å²) in [6.07, 6.45) is 9.53. The first-order chi connectivity index (χ1) is 18.1. The number of hydrogen-bond donors (Lipinski definition) is 4. The fourth-order valence-corrected chi connectivity index (χ4v) is 4.53. The van der Waals surface area contributed by atoms with E-state index in [9.17, 15) is 14.4 Å². The van der Waals surface area contributed by atoms with Gasteiger partial charge in [-0.3, -0.25) is 14.9 Å². The van der Waals surface area contributed by atoms with Crippen LogP contribution in [0.4, 0.5) is 16.3 Å². The molecule has 4 N–H and O–H groups in total. The van der Waals surface area contributed by atoms with E-state index in [-0.39, 0.29) is 11.8 Å². The molecule has 0 saturated heterocycles. The smallest absolute Gasteiger partial charge is 0.413 e. The van der Waals surface area contributed by atoms with Crippen LogP contribution < -0.4 is 21.3 Å². The summed E-state index contributed by atoms with van der Waals surface area (Å²) in [4.78, 5) is 40.9. The van der Waals surface area contributed by atoms with E-state index in [1.807, 2.05) is 43.5 Å². The van der Waals surface area contributed by atoms with Crippen molar-refractivity contribution in [3.63, 3.8) is 0 Å². The number of nitrogens with zero attached hydrogens (tertiary/aromatic N) is 1. The fourth-order valence-electron chi connectivity index (χ4n) is 3.86. The van der Waals surface area contributed by atoms with Crippen molar-refractivity contribution in [2.24, 2.45) is 11.8 Å². The molecule has 0 spiro atoms. The molecule has 1 aromatic rings. The summed E-state index contributed by atoms with van der Waals surface area (Å²) in [7, 11) is 0. The van der Waals surface area contributed by atoms with Crippen LogP contribution in [0.2, 0.25) is 0 Å². The predicted molar refractivity (Wildman–Crippen MR) is 155 cm³/mol. The van der Waals surface area contributed by atoms with Crippen molar-refractivity contribution < 1.29 is 19.1 Å². The van der Waals surface area contributed by atoms with Crippen LogP contribution in [0.25, 0.3) is 0 Å². The van der Waals surface area contributed by atoms with Gasteiger partial charge in [-0.1, -0.05) is 26.0 Å². The van der Waals surface area contributed by atoms with Gasteiger partial charge in [-0.2, -0.15) is 0 Å². The highest BCUT2D eigenvalue weighted by Gasteiger charge is 2.24. The first-order valence-corrected chi connectivity index (χ1v) is 14.0. The molecule has 10 heteroatoms. The number of anilines is 2. The lowest BCUT2D eigenvalue weighted by Gasteiger charge is -2.22. The lowest BCUT2D eigenvalue weighted by Crippen LogP contribution is -2.28. The average Bonchev–Trinajstić information content (AvgIpc) is 3.35. The molecule has 1 unspecified atom stereocenters. The molecule has 0 bridgehead atoms. The zero-order valence-corrected chi connectivity index (χ0v) is 24.0. The van der Waals surface area contributed by atoms with Crippen molar-refractivity contribution in [3.8, 4) is 0 Å². The number of pyridine rings is 1. The van der Waals surface area contributed by atoms with E-state index in [0.29, 0.717) is 37.3 Å². The monoisotopic (exact) mass is 543 g/mol. The first-order valence-electron chi connectivity index (χ1n) is 12.9. The fraction of sp³-hybridized carbons (Fsp3) is 0.500. The van der Waals surface area contributed by atoms with E-state index in [2.05, 4.69) is 33.2 Å². The Kier molecular flexibility index (Phi) is 12.4. The number of rotatable bonds is 13. The number of aryl methyl sites for hydroxylation is 1. The van der Waals surface area contributed by atoms with Gasteiger partial charge in [0.25, 0.3) is 0 Å². The summed E-state index contributed by atoms with van der Waals surface area (Å²) in [5, 5.41) is 13.8. The molecule has 208 valence electrons. The van der Waals surface area contributed by atoms with Gasteiger partial charge in [-0.05, 0) is 81.6 Å². The molecule has 0 saturated carbocycles. The van der Waals surface area contributed by atoms with E-state index >= 15 is 0 Å². The Balaban J connectivity index is 2.26. The van der Waals surface area contributed by atoms with E-state index in [0.717, 1.165) is 29.1 Å². The summed E-state index contributed by atoms with van der Waals surface area (Å²) >= 11 is 1.67. The number of ether oxygens (including phenoxy) is 1. The Morgan fingerprint density at radius 1 is 1.26 bits per heavy atom. The van der Waals surface area contributed by atoms with Gasteiger partial charge in [0.05, 0.1) is 23.7 Å². The van der Waals surface area contributed by atoms with Crippen LogP contribution in [-0.4, -0.2) is 41.4 Å². The van der Waals surface area contributed by atoms with E-state index in [1.165, 1.54) is 6.20 Å². The lowest BCUT2D eigenvalue weighted by atomic mass is 9.88. The van der Waals surface area contributed by atoms with Crippen LogP contribution in [-0.2, 0) is 20.7 Å². The topological polar surface area (TPSA) is 121 Å². The maximum absolute atomic E-state index is 13.6. The van der Waals surface area contributed by atoms with Crippen LogP contribution >= 0.6 is 11.8 Å². The number of amides is 3. The Bertz CT molecular complexity index is 1060. The molecule has 0 aliphatic carbocycles. The molecular weight excluding hydrogens is 502 g/mol. The molecule has 1 aliphatic rings. The molecule has 2 atom stereocenters. The van der Waals surface area contributed by atoms with Crippen molar-refractivity contribution in [2.45, 2.75) is 66.4 Å². The van der Waals surface area contributed by atoms with Crippen LogP contribution in [0.15, 0.2) is 47.2 Å². The van der Waals surface area contributed by atoms with Crippen LogP contribution in [0.1, 0.15) is 59.9 Å². The van der Waals surface area contributed by atoms with Gasteiger partial charge in [0.2, 0.25) is 12.3 Å². The highest BCUT2D eigenvalue weighted by molar-refractivity contribution is 8.02. The van der Waals surface area contributed by atoms with E-state index < -0.39 is 17.6 Å². The zero-order valence-electron chi connectivity index (χ0n) is 23.2. The summed E-state index contributed by atoms with van der Waals surface area (Å²) in [6, 6.07) is 1.82. The third-order valence-corrected chi connectivity index (χ3v) is 6.43. The summed E-state index contributed by atoms with van der Waals surface area (Å²) in [5.74, 6) is 0.859. The van der Waals surface area contributed by atoms with Gasteiger partial charge < -0.3 is 20.7 Å². The number of carbonyl (C=O) groups is 3. The van der Waals surface area contributed by atoms with Crippen molar-refractivity contribution in [2.75, 3.05) is 23.1 Å². The molecular formula is C28H41N5O4S. The van der Waals surface area contributed by atoms with Crippen molar-refractivity contribution >= 4 is 41.7 Å². The van der Waals surface area contributed by atoms with Gasteiger partial charge in [-0.15, -0.1) is 11.8 Å². The Labute approximate surface area is 230 Å². The molecule has 9 nitrogen and oxygen atoms in total. The van der Waals surface area contributed by atoms with Gasteiger partial charge in [0.1, 0.15) is 11.4 Å². The first kappa shape index (κ1) is 31.0. The summed E-state index contributed by atoms with van der Waals surface area (Å²) < 4.78 is 5.33. The number of carbonyl (C=O) groups excluding carboxylic acids is 3. The molecule has 0 radical (unpaired) electrons. The summed E-state index contributed by atoms with van der Waals surface area (Å²) in [5.41, 5.74) is 2.58. The Morgan fingerprint density at radius 3 is 2.63 bits per heavy atom. The van der Waals surface area contributed by atoms with Crippen LogP contribution in [0.3, 0.4) is 0 Å². The second-order valence-corrected chi connectivity index (χ2v) is 11.0. The van der Waals surface area contributed by atoms with Crippen LogP contribution in [0, 0.1) is 11.8 Å². The van der Waals surface area contributed by atoms with Gasteiger partial charge in [0.15, 0.2) is 0 Å². The van der Waals surface area contributed by atoms with E-state index in [4.69, 9.17) is 4.74 Å². The largest absolute Gasteiger partial charge is 0.444 e. The maximum Gasteiger partial charge on any atom is 0.413 e. The minimum atomic E-state index is -0.624. The number of hydrogen-bond acceptors (Lipinski definition) is 7. The van der Waals surface area contributed by atoms with Gasteiger partial charge >= 0.3 is 6.09 Å². The number of aromatic nitrogens is 1. The molecule has 2 heterocycles. The maximum atomic E-state index is 13.6. The second kappa shape index (κ2) is 15.2. The summed E-state index contributed by atoms with van der Waals surface area (Å²) in [6.45, 7) is 11.9.